The number of hydrogen-bond donors (Lipinski definition) is 0. The Labute approximate surface area is 146 Å². The molecule has 0 unspecified atom stereocenters. The van der Waals surface area contributed by atoms with Crippen LogP contribution < -0.4 is 9.47 Å². The lowest BCUT2D eigenvalue weighted by Gasteiger charge is -2.28. The van der Waals surface area contributed by atoms with Gasteiger partial charge in [0.2, 0.25) is 5.91 Å². The second-order valence-electron chi connectivity index (χ2n) is 5.84. The Morgan fingerprint density at radius 3 is 2.48 bits per heavy atom. The largest absolute Gasteiger partial charge is 0.493 e. The van der Waals surface area contributed by atoms with E-state index in [1.807, 2.05) is 12.1 Å². The maximum atomic E-state index is 13.6. The smallest absolute Gasteiger partial charge is 0.246 e. The van der Waals surface area contributed by atoms with E-state index in [2.05, 4.69) is 0 Å². The zero-order valence-corrected chi connectivity index (χ0v) is 14.3. The van der Waals surface area contributed by atoms with E-state index in [0.717, 1.165) is 17.5 Å². The molecule has 1 aliphatic rings. The first-order valence-electron chi connectivity index (χ1n) is 8.07. The summed E-state index contributed by atoms with van der Waals surface area (Å²) in [7, 11) is 3.20. The van der Waals surface area contributed by atoms with Crippen LogP contribution in [0.25, 0.3) is 6.08 Å². The highest BCUT2D eigenvalue weighted by molar-refractivity contribution is 5.92. The van der Waals surface area contributed by atoms with Gasteiger partial charge in [-0.05, 0) is 41.8 Å². The molecule has 0 N–H and O–H groups in total. The number of carbonyl (C=O) groups is 1. The van der Waals surface area contributed by atoms with Crippen LogP contribution in [0, 0.1) is 5.82 Å². The molecule has 4 nitrogen and oxygen atoms in total. The minimum absolute atomic E-state index is 0.135. The maximum absolute atomic E-state index is 13.6. The Kier molecular flexibility index (Phi) is 5.03. The third kappa shape index (κ3) is 3.65. The van der Waals surface area contributed by atoms with Gasteiger partial charge in [0.25, 0.3) is 0 Å². The Hall–Kier alpha value is -2.82. The first kappa shape index (κ1) is 17.0. The van der Waals surface area contributed by atoms with Crippen LogP contribution in [0.2, 0.25) is 0 Å². The summed E-state index contributed by atoms with van der Waals surface area (Å²) in [6, 6.07) is 10.3. The van der Waals surface area contributed by atoms with Crippen molar-refractivity contribution in [1.29, 1.82) is 0 Å². The van der Waals surface area contributed by atoms with Gasteiger partial charge in [-0.2, -0.15) is 0 Å². The summed E-state index contributed by atoms with van der Waals surface area (Å²) in [5.41, 5.74) is 2.59. The number of nitrogens with zero attached hydrogens (tertiary/aromatic N) is 1. The van der Waals surface area contributed by atoms with Gasteiger partial charge in [0.1, 0.15) is 5.82 Å². The quantitative estimate of drug-likeness (QED) is 0.800. The highest BCUT2D eigenvalue weighted by Crippen LogP contribution is 2.33. The lowest BCUT2D eigenvalue weighted by molar-refractivity contribution is -0.126. The van der Waals surface area contributed by atoms with E-state index < -0.39 is 0 Å². The lowest BCUT2D eigenvalue weighted by atomic mass is 9.98. The van der Waals surface area contributed by atoms with Gasteiger partial charge in [-0.1, -0.05) is 18.2 Å². The highest BCUT2D eigenvalue weighted by Gasteiger charge is 2.21. The number of benzene rings is 2. The summed E-state index contributed by atoms with van der Waals surface area (Å²) in [6.45, 7) is 1.11. The molecule has 0 atom stereocenters. The summed E-state index contributed by atoms with van der Waals surface area (Å²) in [4.78, 5) is 14.2. The molecule has 0 aliphatic carbocycles. The fraction of sp³-hybridized carbons (Fsp3) is 0.250. The van der Waals surface area contributed by atoms with Gasteiger partial charge in [-0.3, -0.25) is 4.79 Å². The van der Waals surface area contributed by atoms with Crippen molar-refractivity contribution < 1.29 is 18.7 Å². The molecule has 0 bridgehead atoms. The normalized spacial score (nSPS) is 13.6. The number of methoxy groups -OCH3 is 2. The van der Waals surface area contributed by atoms with E-state index in [1.165, 1.54) is 18.2 Å². The van der Waals surface area contributed by atoms with E-state index in [4.69, 9.17) is 9.47 Å². The molecule has 1 amide bonds. The minimum Gasteiger partial charge on any atom is -0.493 e. The van der Waals surface area contributed by atoms with Crippen molar-refractivity contribution in [2.75, 3.05) is 20.8 Å². The summed E-state index contributed by atoms with van der Waals surface area (Å²) in [6.07, 6.45) is 3.68. The number of carbonyl (C=O) groups excluding carboxylic acids is 1. The molecule has 5 heteroatoms. The second kappa shape index (κ2) is 7.38. The van der Waals surface area contributed by atoms with Crippen molar-refractivity contribution in [3.8, 4) is 11.5 Å². The molecule has 0 fully saturated rings. The van der Waals surface area contributed by atoms with Crippen LogP contribution in [-0.4, -0.2) is 31.6 Å². The van der Waals surface area contributed by atoms with Crippen LogP contribution in [0.3, 0.4) is 0 Å². The minimum atomic E-state index is -0.340. The van der Waals surface area contributed by atoms with Gasteiger partial charge in [0, 0.05) is 24.7 Å². The molecular weight excluding hydrogens is 321 g/mol. The second-order valence-corrected chi connectivity index (χ2v) is 5.84. The molecule has 0 radical (unpaired) electrons. The van der Waals surface area contributed by atoms with Crippen LogP contribution in [-0.2, 0) is 17.8 Å². The zero-order valence-electron chi connectivity index (χ0n) is 14.3. The lowest BCUT2D eigenvalue weighted by Crippen LogP contribution is -2.34. The molecule has 1 aliphatic heterocycles. The van der Waals surface area contributed by atoms with E-state index in [0.29, 0.717) is 30.2 Å². The van der Waals surface area contributed by atoms with Crippen molar-refractivity contribution in [2.24, 2.45) is 0 Å². The average molecular weight is 341 g/mol. The van der Waals surface area contributed by atoms with Gasteiger partial charge in [-0.25, -0.2) is 4.39 Å². The third-order valence-electron chi connectivity index (χ3n) is 4.34. The molecule has 25 heavy (non-hydrogen) atoms. The number of fused-ring (bicyclic) bond motifs is 1. The van der Waals surface area contributed by atoms with Crippen molar-refractivity contribution in [1.82, 2.24) is 4.90 Å². The van der Waals surface area contributed by atoms with Crippen molar-refractivity contribution in [3.63, 3.8) is 0 Å². The summed E-state index contributed by atoms with van der Waals surface area (Å²) in [5.74, 6) is 0.869. The predicted molar refractivity (Wildman–Crippen MR) is 94.1 cm³/mol. The third-order valence-corrected chi connectivity index (χ3v) is 4.34. The van der Waals surface area contributed by atoms with Crippen LogP contribution in [0.1, 0.15) is 16.7 Å². The van der Waals surface area contributed by atoms with Crippen LogP contribution in [0.5, 0.6) is 11.5 Å². The summed E-state index contributed by atoms with van der Waals surface area (Å²) in [5, 5.41) is 0. The van der Waals surface area contributed by atoms with E-state index in [1.54, 1.807) is 37.3 Å². The first-order chi connectivity index (χ1) is 12.1. The topological polar surface area (TPSA) is 38.8 Å². The molecule has 2 aromatic carbocycles. The molecule has 0 saturated heterocycles. The van der Waals surface area contributed by atoms with Crippen molar-refractivity contribution in [3.05, 3.63) is 65.0 Å². The SMILES string of the molecule is COc1cc2c(cc1OC)CN(C(=O)/C=C/c1ccccc1F)CC2. The number of ether oxygens (including phenoxy) is 2. The molecule has 1 heterocycles. The number of halogens is 1. The molecule has 0 saturated carbocycles. The van der Waals surface area contributed by atoms with E-state index in [-0.39, 0.29) is 11.7 Å². The average Bonchev–Trinajstić information content (AvgIpc) is 2.65. The molecule has 3 rings (SSSR count). The molecule has 2 aromatic rings. The summed E-state index contributed by atoms with van der Waals surface area (Å²) < 4.78 is 24.3. The fourth-order valence-corrected chi connectivity index (χ4v) is 2.95. The van der Waals surface area contributed by atoms with Gasteiger partial charge < -0.3 is 14.4 Å². The number of rotatable bonds is 4. The Morgan fingerprint density at radius 2 is 1.80 bits per heavy atom. The highest BCUT2D eigenvalue weighted by atomic mass is 19.1. The first-order valence-corrected chi connectivity index (χ1v) is 8.07. The van der Waals surface area contributed by atoms with E-state index in [9.17, 15) is 9.18 Å². The van der Waals surface area contributed by atoms with Crippen molar-refractivity contribution in [2.45, 2.75) is 13.0 Å². The van der Waals surface area contributed by atoms with Crippen LogP contribution in [0.15, 0.2) is 42.5 Å². The fourth-order valence-electron chi connectivity index (χ4n) is 2.95. The molecular formula is C20H20FNO3. The van der Waals surface area contributed by atoms with Gasteiger partial charge in [0.15, 0.2) is 11.5 Å². The Bertz CT molecular complexity index is 817. The summed E-state index contributed by atoms with van der Waals surface area (Å²) >= 11 is 0. The molecule has 0 spiro atoms. The van der Waals surface area contributed by atoms with Gasteiger partial charge in [-0.15, -0.1) is 0 Å². The van der Waals surface area contributed by atoms with Gasteiger partial charge in [0.05, 0.1) is 14.2 Å². The zero-order chi connectivity index (χ0) is 17.8. The van der Waals surface area contributed by atoms with Crippen LogP contribution in [0.4, 0.5) is 4.39 Å². The van der Waals surface area contributed by atoms with Crippen molar-refractivity contribution >= 4 is 12.0 Å². The molecule has 0 aromatic heterocycles. The maximum Gasteiger partial charge on any atom is 0.246 e. The monoisotopic (exact) mass is 341 g/mol. The Morgan fingerprint density at radius 1 is 1.12 bits per heavy atom. The standard InChI is InChI=1S/C20H20FNO3/c1-24-18-11-15-9-10-22(13-16(15)12-19(18)25-2)20(23)8-7-14-5-3-4-6-17(14)21/h3-8,11-12H,9-10,13H2,1-2H3/b8-7+. The number of amides is 1. The number of hydrogen-bond acceptors (Lipinski definition) is 3. The van der Waals surface area contributed by atoms with Crippen LogP contribution >= 0.6 is 0 Å². The van der Waals surface area contributed by atoms with E-state index >= 15 is 0 Å². The Balaban J connectivity index is 1.76. The predicted octanol–water partition coefficient (Wildman–Crippen LogP) is 3.44. The van der Waals surface area contributed by atoms with Gasteiger partial charge >= 0.3 is 0 Å². The molecule has 130 valence electrons.